The first-order valence-electron chi connectivity index (χ1n) is 5.58. The molecule has 2 rings (SSSR count). The van der Waals surface area contributed by atoms with Crippen LogP contribution in [-0.2, 0) is 0 Å². The molecule has 0 spiro atoms. The largest absolute Gasteiger partial charge is 0.0803 e. The van der Waals surface area contributed by atoms with Crippen molar-refractivity contribution in [2.45, 2.75) is 24.2 Å². The van der Waals surface area contributed by atoms with Crippen LogP contribution < -0.4 is 0 Å². The topological polar surface area (TPSA) is 0 Å². The number of hydrogen-bond acceptors (Lipinski definition) is 0. The van der Waals surface area contributed by atoms with Gasteiger partial charge in [-0.2, -0.15) is 0 Å². The molecule has 0 atom stereocenters. The fraction of sp³-hybridized carbons (Fsp3) is 0.286. The quantitative estimate of drug-likeness (QED) is 0.603. The van der Waals surface area contributed by atoms with Crippen LogP contribution in [0.4, 0.5) is 0 Å². The van der Waals surface area contributed by atoms with Crippen molar-refractivity contribution in [2.24, 2.45) is 0 Å². The van der Waals surface area contributed by atoms with Crippen molar-refractivity contribution in [2.75, 3.05) is 0 Å². The Hall–Kier alpha value is -1.08. The first-order valence-corrected chi connectivity index (χ1v) is 8.73. The van der Waals surface area contributed by atoms with E-state index < -0.39 is 8.07 Å². The molecule has 0 radical (unpaired) electrons. The molecule has 0 aromatic heterocycles. The molecule has 0 aromatic rings. The predicted molar refractivity (Wildman–Crippen MR) is 70.7 cm³/mol. The van der Waals surface area contributed by atoms with Gasteiger partial charge in [-0.3, -0.25) is 0 Å². The lowest BCUT2D eigenvalue weighted by atomic mass is 10.3. The molecule has 0 unspecified atom stereocenters. The van der Waals surface area contributed by atoms with E-state index in [1.54, 1.807) is 0 Å². The molecular formula is C14H18Si. The van der Waals surface area contributed by atoms with Crippen LogP contribution in [0, 0.1) is 0 Å². The molecule has 0 aromatic carbocycles. The van der Waals surface area contributed by atoms with Crippen molar-refractivity contribution in [3.63, 3.8) is 0 Å². The van der Waals surface area contributed by atoms with E-state index in [0.717, 1.165) is 0 Å². The summed E-state index contributed by atoms with van der Waals surface area (Å²) in [5, 5.41) is 0. The normalized spacial score (nSPS) is 21.5. The average Bonchev–Trinajstić information content (AvgIpc) is 2.61. The van der Waals surface area contributed by atoms with Crippen molar-refractivity contribution in [3.8, 4) is 0 Å². The van der Waals surface area contributed by atoms with Crippen LogP contribution in [0.3, 0.4) is 0 Å². The van der Waals surface area contributed by atoms with Gasteiger partial charge in [0.1, 0.15) is 0 Å². The summed E-state index contributed by atoms with van der Waals surface area (Å²) in [5.74, 6) is 0. The summed E-state index contributed by atoms with van der Waals surface area (Å²) in [6, 6.07) is 0. The summed E-state index contributed by atoms with van der Waals surface area (Å²) < 4.78 is 0. The van der Waals surface area contributed by atoms with Crippen molar-refractivity contribution >= 4 is 8.07 Å². The van der Waals surface area contributed by atoms with Gasteiger partial charge in [-0.05, 0) is 11.1 Å². The van der Waals surface area contributed by atoms with Gasteiger partial charge in [0, 0.05) is 0 Å². The van der Waals surface area contributed by atoms with Crippen molar-refractivity contribution in [1.29, 1.82) is 0 Å². The van der Waals surface area contributed by atoms with E-state index in [9.17, 15) is 0 Å². The zero-order chi connectivity index (χ0) is 10.7. The molecule has 0 amide bonds. The summed E-state index contributed by atoms with van der Waals surface area (Å²) in [4.78, 5) is 0. The van der Waals surface area contributed by atoms with E-state index in [-0.39, 0.29) is 0 Å². The Morgan fingerprint density at radius 2 is 0.933 bits per heavy atom. The zero-order valence-electron chi connectivity index (χ0n) is 9.43. The Morgan fingerprint density at radius 3 is 1.33 bits per heavy atom. The second-order valence-corrected chi connectivity index (χ2v) is 9.77. The van der Waals surface area contributed by atoms with Gasteiger partial charge in [0.05, 0.1) is 8.07 Å². The standard InChI is InChI=1S/C14H18Si/c1-15(2,14-11-7-8-12-14)13-9-5-3-4-6-10-13/h3-14H,1-2H3. The molecule has 15 heavy (non-hydrogen) atoms. The Morgan fingerprint density at radius 1 is 0.600 bits per heavy atom. The number of allylic oxidation sites excluding steroid dienone is 10. The molecule has 0 N–H and O–H groups in total. The first kappa shape index (κ1) is 10.4. The fourth-order valence-electron chi connectivity index (χ4n) is 2.21. The van der Waals surface area contributed by atoms with Crippen LogP contribution in [0.2, 0.25) is 24.2 Å². The molecular weight excluding hydrogens is 196 g/mol. The molecule has 1 heteroatoms. The van der Waals surface area contributed by atoms with E-state index in [4.69, 9.17) is 0 Å². The van der Waals surface area contributed by atoms with Crippen molar-refractivity contribution in [3.05, 3.63) is 60.8 Å². The molecule has 0 bridgehead atoms. The van der Waals surface area contributed by atoms with Gasteiger partial charge in [0.15, 0.2) is 0 Å². The Labute approximate surface area is 93.4 Å². The monoisotopic (exact) mass is 214 g/mol. The maximum absolute atomic E-state index is 2.47. The Balaban J connectivity index is 2.21. The van der Waals surface area contributed by atoms with Crippen LogP contribution in [-0.4, -0.2) is 8.07 Å². The highest BCUT2D eigenvalue weighted by Gasteiger charge is 2.34. The van der Waals surface area contributed by atoms with Crippen LogP contribution in [0.25, 0.3) is 0 Å². The smallest absolute Gasteiger partial charge is 0.0699 e. The molecule has 0 nitrogen and oxygen atoms in total. The highest BCUT2D eigenvalue weighted by atomic mass is 28.3. The van der Waals surface area contributed by atoms with E-state index >= 15 is 0 Å². The number of hydrogen-bond donors (Lipinski definition) is 0. The van der Waals surface area contributed by atoms with Gasteiger partial charge in [-0.25, -0.2) is 0 Å². The van der Waals surface area contributed by atoms with E-state index in [0.29, 0.717) is 11.1 Å². The second kappa shape index (κ2) is 4.19. The van der Waals surface area contributed by atoms with Crippen LogP contribution in [0.1, 0.15) is 0 Å². The highest BCUT2D eigenvalue weighted by Crippen LogP contribution is 2.39. The molecule has 0 fully saturated rings. The summed E-state index contributed by atoms with van der Waals surface area (Å²) in [5.41, 5.74) is 1.33. The molecule has 0 heterocycles. The molecule has 0 saturated heterocycles. The predicted octanol–water partition coefficient (Wildman–Crippen LogP) is 4.24. The third-order valence-electron chi connectivity index (χ3n) is 3.44. The van der Waals surface area contributed by atoms with Crippen LogP contribution >= 0.6 is 0 Å². The minimum absolute atomic E-state index is 0.643. The number of rotatable bonds is 2. The Bertz CT molecular complexity index is 339. The lowest BCUT2D eigenvalue weighted by Gasteiger charge is -2.32. The van der Waals surface area contributed by atoms with Gasteiger partial charge in [-0.15, -0.1) is 0 Å². The minimum Gasteiger partial charge on any atom is -0.0803 e. The first-order chi connectivity index (χ1) is 7.21. The van der Waals surface area contributed by atoms with E-state index in [1.807, 2.05) is 0 Å². The van der Waals surface area contributed by atoms with Gasteiger partial charge in [-0.1, -0.05) is 73.9 Å². The highest BCUT2D eigenvalue weighted by molar-refractivity contribution is 6.82. The van der Waals surface area contributed by atoms with Crippen LogP contribution in [0.15, 0.2) is 60.8 Å². The molecule has 2 aliphatic carbocycles. The summed E-state index contributed by atoms with van der Waals surface area (Å²) in [7, 11) is -1.29. The van der Waals surface area contributed by atoms with Gasteiger partial charge >= 0.3 is 0 Å². The molecule has 2 aliphatic rings. The average molecular weight is 214 g/mol. The third kappa shape index (κ3) is 2.12. The maximum atomic E-state index is 2.47. The molecule has 0 saturated carbocycles. The third-order valence-corrected chi connectivity index (χ3v) is 7.64. The van der Waals surface area contributed by atoms with E-state index in [1.165, 1.54) is 0 Å². The Kier molecular flexibility index (Phi) is 2.92. The van der Waals surface area contributed by atoms with Gasteiger partial charge in [0.2, 0.25) is 0 Å². The van der Waals surface area contributed by atoms with E-state index in [2.05, 4.69) is 73.9 Å². The molecule has 0 aliphatic heterocycles. The fourth-order valence-corrected chi connectivity index (χ4v) is 5.08. The van der Waals surface area contributed by atoms with Crippen molar-refractivity contribution < 1.29 is 0 Å². The van der Waals surface area contributed by atoms with Crippen LogP contribution in [0.5, 0.6) is 0 Å². The summed E-state index contributed by atoms with van der Waals surface area (Å²) in [6.45, 7) is 4.95. The lowest BCUT2D eigenvalue weighted by Crippen LogP contribution is -2.34. The lowest BCUT2D eigenvalue weighted by molar-refractivity contribution is 1.16. The second-order valence-electron chi connectivity index (χ2n) is 4.80. The molecule has 78 valence electrons. The SMILES string of the molecule is C[Si](C)(C1C=CC=CC=C1)C1C=CC=C1. The van der Waals surface area contributed by atoms with Gasteiger partial charge < -0.3 is 0 Å². The zero-order valence-corrected chi connectivity index (χ0v) is 10.4. The van der Waals surface area contributed by atoms with Gasteiger partial charge in [0.25, 0.3) is 0 Å². The minimum atomic E-state index is -1.29. The van der Waals surface area contributed by atoms with Crippen molar-refractivity contribution in [1.82, 2.24) is 0 Å². The summed E-state index contributed by atoms with van der Waals surface area (Å²) in [6.07, 6.45) is 22.4. The summed E-state index contributed by atoms with van der Waals surface area (Å²) >= 11 is 0. The maximum Gasteiger partial charge on any atom is 0.0699 e.